The average Bonchev–Trinajstić information content (AvgIpc) is 3.54. The zero-order valence-electron chi connectivity index (χ0n) is 24.9. The van der Waals surface area contributed by atoms with Crippen LogP contribution in [0.3, 0.4) is 0 Å². The van der Waals surface area contributed by atoms with Gasteiger partial charge in [-0.2, -0.15) is 0 Å². The van der Waals surface area contributed by atoms with Crippen molar-refractivity contribution in [1.29, 1.82) is 0 Å². The number of fused-ring (bicyclic) bond motifs is 3. The third-order valence-corrected chi connectivity index (χ3v) is 13.2. The van der Waals surface area contributed by atoms with Gasteiger partial charge >= 0.3 is 0 Å². The van der Waals surface area contributed by atoms with Crippen LogP contribution in [0.1, 0.15) is 55.2 Å². The van der Waals surface area contributed by atoms with Gasteiger partial charge in [0.2, 0.25) is 6.79 Å². The summed E-state index contributed by atoms with van der Waals surface area (Å²) >= 11 is 6.62. The summed E-state index contributed by atoms with van der Waals surface area (Å²) in [5.41, 5.74) is 3.55. The average molecular weight is 595 g/mol. The maximum Gasteiger partial charge on any atom is 0.231 e. The Morgan fingerprint density at radius 2 is 1.90 bits per heavy atom. The molecule has 8 heteroatoms. The molecule has 2 spiro atoms. The molecule has 7 nitrogen and oxygen atoms in total. The number of nitrogens with zero attached hydrogens (tertiary/aromatic N) is 1. The second kappa shape index (κ2) is 8.71. The number of hydrogen-bond acceptors (Lipinski definition) is 6. The molecule has 0 aromatic heterocycles. The van der Waals surface area contributed by atoms with Gasteiger partial charge in [0.15, 0.2) is 23.0 Å². The Morgan fingerprint density at radius 3 is 2.69 bits per heavy atom. The monoisotopic (exact) mass is 594 g/mol. The summed E-state index contributed by atoms with van der Waals surface area (Å²) < 4.78 is 38.7. The number of piperidine rings is 1. The SMILES string of the molecule is COc1ccc2c3c1O[C@H]1[C@@]4(OC)CC[C@@]5(C[C@@H]4COCc4cc6c(cc4Cl)OCO6)C(C2)[N+](C)(CC2CC2)CC[C@]315. The molecule has 1 saturated heterocycles. The fourth-order valence-corrected chi connectivity index (χ4v) is 11.2. The van der Waals surface area contributed by atoms with Crippen molar-refractivity contribution in [1.82, 2.24) is 0 Å². The lowest BCUT2D eigenvalue weighted by atomic mass is 9.34. The molecule has 8 aliphatic rings. The topological polar surface area (TPSA) is 55.4 Å². The van der Waals surface area contributed by atoms with Crippen molar-refractivity contribution < 1.29 is 32.9 Å². The van der Waals surface area contributed by atoms with E-state index in [1.165, 1.54) is 48.0 Å². The highest BCUT2D eigenvalue weighted by Gasteiger charge is 2.83. The van der Waals surface area contributed by atoms with Crippen LogP contribution >= 0.6 is 11.6 Å². The summed E-state index contributed by atoms with van der Waals surface area (Å²) in [6.07, 6.45) is 8.31. The van der Waals surface area contributed by atoms with Crippen molar-refractivity contribution in [2.24, 2.45) is 17.3 Å². The fourth-order valence-electron chi connectivity index (χ4n) is 11.0. The number of quaternary nitrogens is 1. The van der Waals surface area contributed by atoms with Crippen LogP contribution in [0.5, 0.6) is 23.0 Å². The molecule has 0 radical (unpaired) electrons. The number of ether oxygens (including phenoxy) is 6. The molecule has 0 amide bonds. The summed E-state index contributed by atoms with van der Waals surface area (Å²) in [5, 5.41) is 0.646. The molecule has 2 aromatic rings. The van der Waals surface area contributed by atoms with Crippen molar-refractivity contribution in [3.05, 3.63) is 46.0 Å². The number of benzene rings is 2. The van der Waals surface area contributed by atoms with Gasteiger partial charge < -0.3 is 32.9 Å². The van der Waals surface area contributed by atoms with E-state index in [-0.39, 0.29) is 29.6 Å². The second-order valence-electron chi connectivity index (χ2n) is 14.4. The molecule has 42 heavy (non-hydrogen) atoms. The Labute approximate surface area is 252 Å². The van der Waals surface area contributed by atoms with Crippen LogP contribution < -0.4 is 18.9 Å². The molecule has 2 unspecified atom stereocenters. The van der Waals surface area contributed by atoms with E-state index in [1.54, 1.807) is 7.11 Å². The molecule has 5 fully saturated rings. The summed E-state index contributed by atoms with van der Waals surface area (Å²) in [6.45, 7) is 3.78. The predicted octanol–water partition coefficient (Wildman–Crippen LogP) is 5.66. The van der Waals surface area contributed by atoms with Crippen molar-refractivity contribution >= 4 is 11.6 Å². The quantitative estimate of drug-likeness (QED) is 0.368. The van der Waals surface area contributed by atoms with Gasteiger partial charge in [-0.1, -0.05) is 17.7 Å². The highest BCUT2D eigenvalue weighted by Crippen LogP contribution is 2.77. The lowest BCUT2D eigenvalue weighted by Crippen LogP contribution is -2.83. The van der Waals surface area contributed by atoms with Crippen molar-refractivity contribution in [2.75, 3.05) is 47.8 Å². The molecule has 3 aliphatic heterocycles. The van der Waals surface area contributed by atoms with Crippen molar-refractivity contribution in [2.45, 2.75) is 74.7 Å². The van der Waals surface area contributed by atoms with Gasteiger partial charge in [0.25, 0.3) is 0 Å². The zero-order valence-corrected chi connectivity index (χ0v) is 25.6. The Balaban J connectivity index is 1.11. The number of hydrogen-bond donors (Lipinski definition) is 0. The Bertz CT molecular complexity index is 1480. The molecule has 3 heterocycles. The number of likely N-dealkylation sites (tertiary alicyclic amines) is 1. The van der Waals surface area contributed by atoms with Gasteiger partial charge in [-0.3, -0.25) is 0 Å². The lowest BCUT2D eigenvalue weighted by molar-refractivity contribution is -0.952. The van der Waals surface area contributed by atoms with Crippen LogP contribution in [0.4, 0.5) is 0 Å². The van der Waals surface area contributed by atoms with E-state index >= 15 is 0 Å². The van der Waals surface area contributed by atoms with Crippen LogP contribution in [0.25, 0.3) is 0 Å². The highest BCUT2D eigenvalue weighted by atomic mass is 35.5. The summed E-state index contributed by atoms with van der Waals surface area (Å²) in [4.78, 5) is 0. The van der Waals surface area contributed by atoms with Crippen LogP contribution in [-0.4, -0.2) is 70.0 Å². The van der Waals surface area contributed by atoms with E-state index in [0.29, 0.717) is 30.0 Å². The first-order chi connectivity index (χ1) is 20.4. The fraction of sp³-hybridized carbons (Fsp3) is 0.647. The maximum atomic E-state index is 7.19. The number of halogens is 1. The molecule has 0 N–H and O–H groups in total. The molecule has 4 bridgehead atoms. The van der Waals surface area contributed by atoms with E-state index in [4.69, 9.17) is 40.0 Å². The third kappa shape index (κ3) is 3.14. The normalized spacial score (nSPS) is 39.7. The van der Waals surface area contributed by atoms with E-state index in [2.05, 4.69) is 19.2 Å². The smallest absolute Gasteiger partial charge is 0.231 e. The summed E-state index contributed by atoms with van der Waals surface area (Å²) in [6, 6.07) is 8.84. The van der Waals surface area contributed by atoms with Crippen LogP contribution in [-0.2, 0) is 27.9 Å². The number of rotatable bonds is 8. The summed E-state index contributed by atoms with van der Waals surface area (Å²) in [5.74, 6) is 4.38. The highest BCUT2D eigenvalue weighted by molar-refractivity contribution is 6.31. The lowest BCUT2D eigenvalue weighted by Gasteiger charge is -2.74. The summed E-state index contributed by atoms with van der Waals surface area (Å²) in [7, 11) is 6.24. The van der Waals surface area contributed by atoms with Crippen LogP contribution in [0.2, 0.25) is 5.02 Å². The predicted molar refractivity (Wildman–Crippen MR) is 157 cm³/mol. The minimum atomic E-state index is -0.416. The molecule has 2 aromatic carbocycles. The number of methoxy groups -OCH3 is 2. The largest absolute Gasteiger partial charge is 0.493 e. The van der Waals surface area contributed by atoms with Gasteiger partial charge in [-0.15, -0.1) is 0 Å². The maximum absolute atomic E-state index is 7.19. The standard InChI is InChI=1S/C34H41ClNO6/c1-36(16-20-4-5-20)11-10-33-29-21-6-7-25(37-2)30(29)42-31(33)34(38-3)9-8-32(33,28(36)13-21)15-23(34)18-39-17-22-12-26-27(14-24(22)35)41-19-40-26/h6-7,12,14,20,23,28,31H,4-5,8-11,13,15-19H2,1-3H3/q+1/t23-,28?,31-,32-,33+,34-,36?/m1/s1. The molecule has 7 atom stereocenters. The first-order valence-electron chi connectivity index (χ1n) is 15.8. The minimum Gasteiger partial charge on any atom is -0.493 e. The third-order valence-electron chi connectivity index (χ3n) is 12.8. The van der Waals surface area contributed by atoms with Gasteiger partial charge in [0.05, 0.1) is 56.9 Å². The first-order valence-corrected chi connectivity index (χ1v) is 16.2. The molecule has 10 rings (SSSR count). The Morgan fingerprint density at radius 1 is 1.07 bits per heavy atom. The minimum absolute atomic E-state index is 0.0391. The molecular formula is C34H41ClNO6+. The zero-order chi connectivity index (χ0) is 28.5. The van der Waals surface area contributed by atoms with Gasteiger partial charge in [-0.05, 0) is 49.8 Å². The molecule has 5 aliphatic carbocycles. The van der Waals surface area contributed by atoms with Crippen molar-refractivity contribution in [3.8, 4) is 23.0 Å². The molecule has 224 valence electrons. The van der Waals surface area contributed by atoms with E-state index in [0.717, 1.165) is 54.4 Å². The molecular weight excluding hydrogens is 554 g/mol. The van der Waals surface area contributed by atoms with Crippen LogP contribution in [0.15, 0.2) is 24.3 Å². The first kappa shape index (κ1) is 26.2. The Hall–Kier alpha value is -2.19. The van der Waals surface area contributed by atoms with Crippen LogP contribution in [0, 0.1) is 17.3 Å². The van der Waals surface area contributed by atoms with E-state index < -0.39 is 5.60 Å². The van der Waals surface area contributed by atoms with Gasteiger partial charge in [-0.25, -0.2) is 0 Å². The number of likely N-dealkylation sites (N-methyl/N-ethyl adjacent to an activating group) is 1. The second-order valence-corrected chi connectivity index (χ2v) is 14.8. The van der Waals surface area contributed by atoms with Gasteiger partial charge in [0, 0.05) is 54.4 Å². The van der Waals surface area contributed by atoms with E-state index in [9.17, 15) is 0 Å². The Kier molecular flexibility index (Phi) is 5.44. The van der Waals surface area contributed by atoms with E-state index in [1.807, 2.05) is 19.2 Å². The van der Waals surface area contributed by atoms with Gasteiger partial charge in [0.1, 0.15) is 11.7 Å². The van der Waals surface area contributed by atoms with Crippen molar-refractivity contribution in [3.63, 3.8) is 0 Å². The molecule has 4 saturated carbocycles.